The van der Waals surface area contributed by atoms with Gasteiger partial charge in [-0.1, -0.05) is 43.1 Å². The van der Waals surface area contributed by atoms with Crippen LogP contribution in [-0.4, -0.2) is 25.2 Å². The number of benzene rings is 1. The van der Waals surface area contributed by atoms with Crippen LogP contribution in [0, 0.1) is 5.92 Å². The SMILES string of the molecule is CC(C)CCNc1nc2c(c(=O)n(Cc3ccc(Cl)cc3Cl)c(=O)n2C)n1C. The number of nitrogens with zero attached hydrogens (tertiary/aromatic N) is 4. The molecule has 3 rings (SSSR count). The van der Waals surface area contributed by atoms with Gasteiger partial charge in [0.1, 0.15) is 0 Å². The van der Waals surface area contributed by atoms with Crippen LogP contribution in [0.25, 0.3) is 11.2 Å². The number of aryl methyl sites for hydroxylation is 2. The molecule has 9 heteroatoms. The maximum absolute atomic E-state index is 13.1. The van der Waals surface area contributed by atoms with Gasteiger partial charge in [0, 0.05) is 30.7 Å². The lowest BCUT2D eigenvalue weighted by Gasteiger charge is -2.10. The number of anilines is 1. The van der Waals surface area contributed by atoms with Gasteiger partial charge in [0.05, 0.1) is 6.54 Å². The minimum absolute atomic E-state index is 0.0543. The van der Waals surface area contributed by atoms with Crippen molar-refractivity contribution in [1.82, 2.24) is 18.7 Å². The Labute approximate surface area is 172 Å². The lowest BCUT2D eigenvalue weighted by molar-refractivity contribution is 0.605. The summed E-state index contributed by atoms with van der Waals surface area (Å²) in [4.78, 5) is 30.4. The van der Waals surface area contributed by atoms with E-state index >= 15 is 0 Å². The number of fused-ring (bicyclic) bond motifs is 1. The van der Waals surface area contributed by atoms with Crippen molar-refractivity contribution >= 4 is 40.3 Å². The Morgan fingerprint density at radius 2 is 1.86 bits per heavy atom. The third-order valence-corrected chi connectivity index (χ3v) is 5.30. The fourth-order valence-electron chi connectivity index (χ4n) is 3.03. The summed E-state index contributed by atoms with van der Waals surface area (Å²) in [6, 6.07) is 4.98. The van der Waals surface area contributed by atoms with E-state index in [9.17, 15) is 9.59 Å². The normalized spacial score (nSPS) is 11.5. The van der Waals surface area contributed by atoms with Crippen molar-refractivity contribution in [2.45, 2.75) is 26.8 Å². The maximum atomic E-state index is 13.1. The topological polar surface area (TPSA) is 73.8 Å². The first-order chi connectivity index (χ1) is 13.2. The Balaban J connectivity index is 2.08. The van der Waals surface area contributed by atoms with Crippen LogP contribution in [0.2, 0.25) is 10.0 Å². The summed E-state index contributed by atoms with van der Waals surface area (Å²) in [6.07, 6.45) is 0.974. The summed E-state index contributed by atoms with van der Waals surface area (Å²) < 4.78 is 4.24. The third kappa shape index (κ3) is 3.82. The van der Waals surface area contributed by atoms with Gasteiger partial charge in [-0.05, 0) is 30.0 Å². The fraction of sp³-hybridized carbons (Fsp3) is 0.421. The third-order valence-electron chi connectivity index (χ3n) is 4.71. The van der Waals surface area contributed by atoms with Crippen molar-refractivity contribution in [3.63, 3.8) is 0 Å². The molecular weight excluding hydrogens is 401 g/mol. The Morgan fingerprint density at radius 1 is 1.14 bits per heavy atom. The molecule has 0 saturated heterocycles. The fourth-order valence-corrected chi connectivity index (χ4v) is 3.50. The molecule has 0 radical (unpaired) electrons. The van der Waals surface area contributed by atoms with Crippen LogP contribution < -0.4 is 16.6 Å². The Kier molecular flexibility index (Phi) is 5.86. The molecule has 0 atom stereocenters. The number of rotatable bonds is 6. The Hall–Kier alpha value is -2.25. The Morgan fingerprint density at radius 3 is 2.50 bits per heavy atom. The highest BCUT2D eigenvalue weighted by molar-refractivity contribution is 6.35. The smallest absolute Gasteiger partial charge is 0.332 e. The van der Waals surface area contributed by atoms with E-state index in [0.29, 0.717) is 38.6 Å². The van der Waals surface area contributed by atoms with Crippen LogP contribution in [0.15, 0.2) is 27.8 Å². The predicted molar refractivity (Wildman–Crippen MR) is 114 cm³/mol. The lowest BCUT2D eigenvalue weighted by Crippen LogP contribution is -2.39. The van der Waals surface area contributed by atoms with Gasteiger partial charge in [-0.2, -0.15) is 4.98 Å². The molecule has 1 aromatic carbocycles. The number of halogens is 2. The van der Waals surface area contributed by atoms with Crippen molar-refractivity contribution in [2.24, 2.45) is 20.0 Å². The molecule has 0 saturated carbocycles. The van der Waals surface area contributed by atoms with Gasteiger partial charge in [-0.3, -0.25) is 13.9 Å². The van der Waals surface area contributed by atoms with E-state index < -0.39 is 11.2 Å². The number of imidazole rings is 1. The minimum Gasteiger partial charge on any atom is -0.356 e. The molecule has 0 aliphatic heterocycles. The Bertz CT molecular complexity index is 1140. The lowest BCUT2D eigenvalue weighted by atomic mass is 10.1. The monoisotopic (exact) mass is 423 g/mol. The molecule has 0 bridgehead atoms. The molecule has 3 aromatic rings. The summed E-state index contributed by atoms with van der Waals surface area (Å²) in [5.74, 6) is 1.11. The van der Waals surface area contributed by atoms with Crippen LogP contribution in [-0.2, 0) is 20.6 Å². The standard InChI is InChI=1S/C19H23Cl2N5O2/c1-11(2)7-8-22-18-23-16-15(24(18)3)17(27)26(19(28)25(16)4)10-12-5-6-13(20)9-14(12)21/h5-6,9,11H,7-8,10H2,1-4H3,(H,22,23). The molecule has 2 heterocycles. The molecule has 0 fully saturated rings. The van der Waals surface area contributed by atoms with E-state index in [1.165, 1.54) is 4.57 Å². The van der Waals surface area contributed by atoms with E-state index in [0.717, 1.165) is 17.5 Å². The summed E-state index contributed by atoms with van der Waals surface area (Å²) >= 11 is 12.2. The van der Waals surface area contributed by atoms with Gasteiger partial charge in [0.25, 0.3) is 5.56 Å². The molecule has 1 N–H and O–H groups in total. The highest BCUT2D eigenvalue weighted by atomic mass is 35.5. The number of aromatic nitrogens is 4. The molecular formula is C19H23Cl2N5O2. The molecule has 0 aliphatic carbocycles. The second-order valence-electron chi connectivity index (χ2n) is 7.24. The maximum Gasteiger partial charge on any atom is 0.332 e. The molecule has 0 unspecified atom stereocenters. The van der Waals surface area contributed by atoms with Crippen LogP contribution in [0.1, 0.15) is 25.8 Å². The van der Waals surface area contributed by atoms with Gasteiger partial charge in [0.2, 0.25) is 5.95 Å². The summed E-state index contributed by atoms with van der Waals surface area (Å²) in [5, 5.41) is 4.14. The second kappa shape index (κ2) is 8.01. The summed E-state index contributed by atoms with van der Waals surface area (Å²) in [6.45, 7) is 5.07. The van der Waals surface area contributed by atoms with Crippen LogP contribution in [0.4, 0.5) is 5.95 Å². The summed E-state index contributed by atoms with van der Waals surface area (Å²) in [5.41, 5.74) is 0.496. The number of nitrogens with one attached hydrogen (secondary N) is 1. The highest BCUT2D eigenvalue weighted by Gasteiger charge is 2.19. The van der Waals surface area contributed by atoms with E-state index in [1.54, 1.807) is 36.9 Å². The van der Waals surface area contributed by atoms with Gasteiger partial charge < -0.3 is 9.88 Å². The van der Waals surface area contributed by atoms with E-state index in [4.69, 9.17) is 23.2 Å². The van der Waals surface area contributed by atoms with Gasteiger partial charge >= 0.3 is 5.69 Å². The first kappa shape index (κ1) is 20.5. The first-order valence-corrected chi connectivity index (χ1v) is 9.80. The van der Waals surface area contributed by atoms with Crippen molar-refractivity contribution in [1.29, 1.82) is 0 Å². The van der Waals surface area contributed by atoms with Crippen molar-refractivity contribution in [2.75, 3.05) is 11.9 Å². The molecule has 0 aliphatic rings. The molecule has 150 valence electrons. The summed E-state index contributed by atoms with van der Waals surface area (Å²) in [7, 11) is 3.37. The quantitative estimate of drug-likeness (QED) is 0.660. The van der Waals surface area contributed by atoms with Gasteiger partial charge in [0.15, 0.2) is 11.2 Å². The second-order valence-corrected chi connectivity index (χ2v) is 8.09. The average Bonchev–Trinajstić information content (AvgIpc) is 2.95. The first-order valence-electron chi connectivity index (χ1n) is 9.04. The molecule has 28 heavy (non-hydrogen) atoms. The van der Waals surface area contributed by atoms with Gasteiger partial charge in [-0.15, -0.1) is 0 Å². The zero-order chi connectivity index (χ0) is 20.6. The number of hydrogen-bond acceptors (Lipinski definition) is 4. The van der Waals surface area contributed by atoms with Crippen LogP contribution in [0.5, 0.6) is 0 Å². The van der Waals surface area contributed by atoms with Crippen molar-refractivity contribution < 1.29 is 0 Å². The highest BCUT2D eigenvalue weighted by Crippen LogP contribution is 2.21. The average molecular weight is 424 g/mol. The molecule has 0 spiro atoms. The molecule has 7 nitrogen and oxygen atoms in total. The van der Waals surface area contributed by atoms with Gasteiger partial charge in [-0.25, -0.2) is 4.79 Å². The van der Waals surface area contributed by atoms with E-state index in [1.807, 2.05) is 0 Å². The molecule has 2 aromatic heterocycles. The van der Waals surface area contributed by atoms with Crippen molar-refractivity contribution in [3.05, 3.63) is 54.6 Å². The minimum atomic E-state index is -0.449. The van der Waals surface area contributed by atoms with Crippen LogP contribution in [0.3, 0.4) is 0 Å². The van der Waals surface area contributed by atoms with E-state index in [-0.39, 0.29) is 6.54 Å². The zero-order valence-electron chi connectivity index (χ0n) is 16.3. The van der Waals surface area contributed by atoms with E-state index in [2.05, 4.69) is 24.1 Å². The zero-order valence-corrected chi connectivity index (χ0v) is 17.8. The predicted octanol–water partition coefficient (Wildman–Crippen LogP) is 3.25. The number of hydrogen-bond donors (Lipinski definition) is 1. The van der Waals surface area contributed by atoms with Crippen LogP contribution >= 0.6 is 23.2 Å². The largest absolute Gasteiger partial charge is 0.356 e. The van der Waals surface area contributed by atoms with Crippen molar-refractivity contribution in [3.8, 4) is 0 Å². The molecule has 0 amide bonds.